The topological polar surface area (TPSA) is 119 Å². The molecule has 0 saturated carbocycles. The van der Waals surface area contributed by atoms with E-state index < -0.39 is 33.4 Å². The molecule has 152 valence electrons. The molecule has 1 N–H and O–H groups in total. The molecule has 2 aliphatic heterocycles. The number of fused-ring (bicyclic) bond motifs is 2. The Morgan fingerprint density at radius 1 is 1.24 bits per heavy atom. The number of hydrogen-bond acceptors (Lipinski definition) is 8. The van der Waals surface area contributed by atoms with Gasteiger partial charge in [-0.2, -0.15) is 0 Å². The Bertz CT molecular complexity index is 1150. The predicted molar refractivity (Wildman–Crippen MR) is 104 cm³/mol. The third kappa shape index (κ3) is 3.47. The second-order valence-electron chi connectivity index (χ2n) is 6.74. The first kappa shape index (κ1) is 19.4. The number of nitrogens with zero attached hydrogens (tertiary/aromatic N) is 1. The molecule has 0 bridgehead atoms. The van der Waals surface area contributed by atoms with E-state index in [9.17, 15) is 22.8 Å². The van der Waals surface area contributed by atoms with Gasteiger partial charge in [-0.25, -0.2) is 8.42 Å². The van der Waals surface area contributed by atoms with Crippen molar-refractivity contribution in [3.63, 3.8) is 0 Å². The molecule has 9 nitrogen and oxygen atoms in total. The van der Waals surface area contributed by atoms with E-state index in [0.29, 0.717) is 17.1 Å². The number of benzene rings is 1. The number of thiophene rings is 1. The number of imide groups is 1. The predicted octanol–water partition coefficient (Wildman–Crippen LogP) is 1.82. The highest BCUT2D eigenvalue weighted by Crippen LogP contribution is 2.41. The first-order chi connectivity index (χ1) is 13.7. The highest BCUT2D eigenvalue weighted by atomic mass is 32.2. The zero-order valence-electron chi connectivity index (χ0n) is 15.4. The smallest absolute Gasteiger partial charge is 0.265 e. The number of carbonyl (C=O) groups excluding carboxylic acids is 3. The molecule has 3 amide bonds. The van der Waals surface area contributed by atoms with Crippen LogP contribution in [0.5, 0.6) is 11.5 Å². The molecule has 0 radical (unpaired) electrons. The van der Waals surface area contributed by atoms with Crippen molar-refractivity contribution < 1.29 is 32.3 Å². The van der Waals surface area contributed by atoms with Crippen LogP contribution in [-0.2, 0) is 14.6 Å². The van der Waals surface area contributed by atoms with Gasteiger partial charge < -0.3 is 14.8 Å². The normalized spacial score (nSPS) is 16.1. The summed E-state index contributed by atoms with van der Waals surface area (Å²) < 4.78 is 34.8. The fourth-order valence-electron chi connectivity index (χ4n) is 3.33. The number of anilines is 1. The van der Waals surface area contributed by atoms with E-state index in [1.807, 2.05) is 0 Å². The van der Waals surface area contributed by atoms with Gasteiger partial charge in [0, 0.05) is 18.6 Å². The minimum atomic E-state index is -3.55. The van der Waals surface area contributed by atoms with Crippen LogP contribution in [0.15, 0.2) is 23.6 Å². The van der Waals surface area contributed by atoms with Crippen molar-refractivity contribution in [2.45, 2.75) is 13.0 Å². The summed E-state index contributed by atoms with van der Waals surface area (Å²) in [5.41, 5.74) is 0.647. The zero-order chi connectivity index (χ0) is 20.9. The maximum atomic E-state index is 13.1. The summed E-state index contributed by atoms with van der Waals surface area (Å²) in [6, 6.07) is 3.72. The molecule has 0 saturated heterocycles. The Kier molecular flexibility index (Phi) is 4.58. The Morgan fingerprint density at radius 3 is 2.66 bits per heavy atom. The summed E-state index contributed by atoms with van der Waals surface area (Å²) in [6.45, 7) is 1.33. The van der Waals surface area contributed by atoms with Crippen LogP contribution in [0.4, 0.5) is 5.00 Å². The van der Waals surface area contributed by atoms with Crippen LogP contribution in [0.25, 0.3) is 0 Å². The second kappa shape index (κ2) is 6.85. The zero-order valence-corrected chi connectivity index (χ0v) is 17.1. The van der Waals surface area contributed by atoms with Crippen LogP contribution >= 0.6 is 11.3 Å². The molecule has 2 aliphatic rings. The lowest BCUT2D eigenvalue weighted by Gasteiger charge is -2.26. The summed E-state index contributed by atoms with van der Waals surface area (Å²) >= 11 is 1.07. The van der Waals surface area contributed by atoms with Gasteiger partial charge in [0.2, 0.25) is 12.7 Å². The maximum absolute atomic E-state index is 13.1. The fourth-order valence-corrected chi connectivity index (χ4v) is 5.22. The molecular weight excluding hydrogens is 420 g/mol. The Hall–Kier alpha value is -2.92. The Balaban J connectivity index is 1.77. The molecule has 11 heteroatoms. The van der Waals surface area contributed by atoms with Crippen molar-refractivity contribution in [1.82, 2.24) is 4.90 Å². The molecule has 2 aromatic rings. The molecule has 0 fully saturated rings. The van der Waals surface area contributed by atoms with Crippen molar-refractivity contribution >= 4 is 43.9 Å². The van der Waals surface area contributed by atoms with Crippen LogP contribution in [0.3, 0.4) is 0 Å². The average molecular weight is 436 g/mol. The molecule has 1 atom stereocenters. The largest absolute Gasteiger partial charge is 0.454 e. The van der Waals surface area contributed by atoms with Gasteiger partial charge in [0.1, 0.15) is 14.8 Å². The van der Waals surface area contributed by atoms with Crippen LogP contribution in [0.1, 0.15) is 39.2 Å². The summed E-state index contributed by atoms with van der Waals surface area (Å²) in [6.07, 6.45) is 1.04. The monoisotopic (exact) mass is 436 g/mol. The molecule has 1 aromatic carbocycles. The van der Waals surface area contributed by atoms with Gasteiger partial charge in [-0.3, -0.25) is 19.3 Å². The van der Waals surface area contributed by atoms with Crippen LogP contribution < -0.4 is 14.8 Å². The van der Waals surface area contributed by atoms with Gasteiger partial charge in [-0.05, 0) is 17.7 Å². The number of sulfone groups is 1. The Labute approximate surface area is 170 Å². The summed E-state index contributed by atoms with van der Waals surface area (Å²) in [5, 5.41) is 4.29. The van der Waals surface area contributed by atoms with E-state index in [2.05, 4.69) is 5.32 Å². The van der Waals surface area contributed by atoms with E-state index in [1.165, 1.54) is 12.3 Å². The highest BCUT2D eigenvalue weighted by Gasteiger charge is 2.44. The van der Waals surface area contributed by atoms with Crippen LogP contribution in [0.2, 0.25) is 0 Å². The average Bonchev–Trinajstić information content (AvgIpc) is 3.30. The van der Waals surface area contributed by atoms with Crippen LogP contribution in [-0.4, -0.2) is 49.8 Å². The minimum Gasteiger partial charge on any atom is -0.454 e. The van der Waals surface area contributed by atoms with Crippen molar-refractivity contribution in [2.75, 3.05) is 24.1 Å². The molecular formula is C18H16N2O7S2. The molecule has 1 aromatic heterocycles. The lowest BCUT2D eigenvalue weighted by Crippen LogP contribution is -2.38. The quantitative estimate of drug-likeness (QED) is 0.710. The molecule has 29 heavy (non-hydrogen) atoms. The fraction of sp³-hybridized carbons (Fsp3) is 0.278. The summed E-state index contributed by atoms with van der Waals surface area (Å²) in [7, 11) is -3.55. The van der Waals surface area contributed by atoms with Gasteiger partial charge in [0.15, 0.2) is 11.5 Å². The first-order valence-electron chi connectivity index (χ1n) is 8.50. The number of nitrogens with one attached hydrogen (secondary N) is 1. The molecule has 3 heterocycles. The molecule has 0 unspecified atom stereocenters. The molecule has 0 spiro atoms. The van der Waals surface area contributed by atoms with Gasteiger partial charge in [0.25, 0.3) is 11.8 Å². The van der Waals surface area contributed by atoms with E-state index >= 15 is 0 Å². The van der Waals surface area contributed by atoms with E-state index in [1.54, 1.807) is 18.2 Å². The van der Waals surface area contributed by atoms with Gasteiger partial charge in [-0.1, -0.05) is 6.07 Å². The van der Waals surface area contributed by atoms with E-state index in [-0.39, 0.29) is 28.8 Å². The molecule has 0 aliphatic carbocycles. The number of hydrogen-bond donors (Lipinski definition) is 1. The second-order valence-corrected chi connectivity index (χ2v) is 9.80. The third-order valence-electron chi connectivity index (χ3n) is 4.52. The van der Waals surface area contributed by atoms with E-state index in [0.717, 1.165) is 22.5 Å². The third-order valence-corrected chi connectivity index (χ3v) is 6.33. The molecule has 4 rings (SSSR count). The lowest BCUT2D eigenvalue weighted by molar-refractivity contribution is -0.114. The van der Waals surface area contributed by atoms with Crippen molar-refractivity contribution in [2.24, 2.45) is 0 Å². The number of rotatable bonds is 5. The minimum absolute atomic E-state index is 0.0359. The summed E-state index contributed by atoms with van der Waals surface area (Å²) in [4.78, 5) is 38.4. The van der Waals surface area contributed by atoms with E-state index in [4.69, 9.17) is 9.47 Å². The number of ether oxygens (including phenoxy) is 2. The maximum Gasteiger partial charge on any atom is 0.265 e. The number of amides is 3. The van der Waals surface area contributed by atoms with Crippen molar-refractivity contribution in [1.29, 1.82) is 0 Å². The standard InChI is InChI=1S/C18H16N2O7S2/c1-9(21)19-16-15-11(6-28-16)17(22)20(18(15)23)12(7-29(2,24)25)10-3-4-13-14(5-10)27-8-26-13/h3-6,12H,7-8H2,1-2H3,(H,19,21)/t12-/m1/s1. The summed E-state index contributed by atoms with van der Waals surface area (Å²) in [5.74, 6) is -1.18. The van der Waals surface area contributed by atoms with Gasteiger partial charge in [-0.15, -0.1) is 11.3 Å². The number of carbonyl (C=O) groups is 3. The lowest BCUT2D eigenvalue weighted by atomic mass is 10.1. The first-order valence-corrected chi connectivity index (χ1v) is 11.4. The van der Waals surface area contributed by atoms with Crippen LogP contribution in [0, 0.1) is 0 Å². The van der Waals surface area contributed by atoms with Crippen molar-refractivity contribution in [3.05, 3.63) is 40.3 Å². The van der Waals surface area contributed by atoms with Crippen molar-refractivity contribution in [3.8, 4) is 11.5 Å². The highest BCUT2D eigenvalue weighted by molar-refractivity contribution is 7.90. The van der Waals surface area contributed by atoms with Gasteiger partial charge in [0.05, 0.1) is 22.9 Å². The van der Waals surface area contributed by atoms with Gasteiger partial charge >= 0.3 is 0 Å². The Morgan fingerprint density at radius 2 is 1.97 bits per heavy atom. The SMILES string of the molecule is CC(=O)Nc1scc2c1C(=O)N([C@H](CS(C)(=O)=O)c1ccc3c(c1)OCO3)C2=O.